The van der Waals surface area contributed by atoms with Crippen LogP contribution >= 0.6 is 11.8 Å². The number of ether oxygens (including phenoxy) is 1. The number of hydrogen-bond donors (Lipinski definition) is 1. The summed E-state index contributed by atoms with van der Waals surface area (Å²) in [6.45, 7) is 0. The van der Waals surface area contributed by atoms with Crippen LogP contribution in [0.5, 0.6) is 0 Å². The van der Waals surface area contributed by atoms with Crippen molar-refractivity contribution in [1.82, 2.24) is 9.55 Å². The molecule has 0 saturated heterocycles. The van der Waals surface area contributed by atoms with Crippen molar-refractivity contribution in [3.05, 3.63) is 94.3 Å². The molecule has 0 aliphatic carbocycles. The first-order valence-electron chi connectivity index (χ1n) is 9.96. The second kappa shape index (κ2) is 9.84. The maximum absolute atomic E-state index is 14.6. The van der Waals surface area contributed by atoms with Gasteiger partial charge in [-0.1, -0.05) is 36.0 Å². The molecule has 0 fully saturated rings. The van der Waals surface area contributed by atoms with E-state index in [1.165, 1.54) is 13.2 Å². The largest absolute Gasteiger partial charge is 0.465 e. The molecule has 10 heteroatoms. The molecule has 7 nitrogen and oxygen atoms in total. The Hall–Kier alpha value is -4.05. The van der Waals surface area contributed by atoms with Gasteiger partial charge in [0.1, 0.15) is 11.6 Å². The molecule has 1 aromatic heterocycles. The van der Waals surface area contributed by atoms with E-state index in [-0.39, 0.29) is 33.2 Å². The Morgan fingerprint density at radius 1 is 1.06 bits per heavy atom. The van der Waals surface area contributed by atoms with Gasteiger partial charge < -0.3 is 10.1 Å². The number of rotatable bonds is 6. The third-order valence-electron chi connectivity index (χ3n) is 4.83. The number of nitrogens with zero attached hydrogens (tertiary/aromatic N) is 2. The number of benzene rings is 3. The van der Waals surface area contributed by atoms with Crippen molar-refractivity contribution in [2.24, 2.45) is 0 Å². The number of amides is 1. The summed E-state index contributed by atoms with van der Waals surface area (Å²) in [5, 5.41) is 2.92. The number of esters is 1. The first-order valence-corrected chi connectivity index (χ1v) is 10.9. The molecular weight excluding hydrogens is 464 g/mol. The molecule has 4 rings (SSSR count). The highest BCUT2D eigenvalue weighted by Crippen LogP contribution is 2.24. The van der Waals surface area contributed by atoms with Crippen LogP contribution in [-0.4, -0.2) is 34.3 Å². The average Bonchev–Trinajstić information content (AvgIpc) is 2.83. The smallest absolute Gasteiger partial charge is 0.339 e. The number of fused-ring (bicyclic) bond motifs is 1. The lowest BCUT2D eigenvalue weighted by Crippen LogP contribution is -2.24. The van der Waals surface area contributed by atoms with Crippen LogP contribution in [0.15, 0.2) is 76.7 Å². The minimum absolute atomic E-state index is 0.0469. The Morgan fingerprint density at radius 2 is 1.79 bits per heavy atom. The van der Waals surface area contributed by atoms with Crippen LogP contribution in [-0.2, 0) is 9.53 Å². The van der Waals surface area contributed by atoms with Crippen molar-refractivity contribution in [3.8, 4) is 5.69 Å². The van der Waals surface area contributed by atoms with Gasteiger partial charge in [-0.3, -0.25) is 14.2 Å². The lowest BCUT2D eigenvalue weighted by Gasteiger charge is -2.14. The van der Waals surface area contributed by atoms with Crippen LogP contribution < -0.4 is 10.9 Å². The predicted octanol–water partition coefficient (Wildman–Crippen LogP) is 4.18. The zero-order valence-corrected chi connectivity index (χ0v) is 18.6. The molecule has 172 valence electrons. The molecule has 0 radical (unpaired) electrons. The quantitative estimate of drug-likeness (QED) is 0.252. The molecule has 1 heterocycles. The van der Waals surface area contributed by atoms with Crippen LogP contribution in [0.25, 0.3) is 16.6 Å². The summed E-state index contributed by atoms with van der Waals surface area (Å²) in [5.41, 5.74) is 0.0507. The van der Waals surface area contributed by atoms with E-state index >= 15 is 0 Å². The van der Waals surface area contributed by atoms with Gasteiger partial charge in [0.15, 0.2) is 5.16 Å². The lowest BCUT2D eigenvalue weighted by molar-refractivity contribution is -0.113. The monoisotopic (exact) mass is 481 g/mol. The minimum Gasteiger partial charge on any atom is -0.465 e. The average molecular weight is 481 g/mol. The van der Waals surface area contributed by atoms with Crippen LogP contribution in [0, 0.1) is 11.6 Å². The third kappa shape index (κ3) is 4.67. The van der Waals surface area contributed by atoms with Crippen molar-refractivity contribution in [3.63, 3.8) is 0 Å². The Morgan fingerprint density at radius 3 is 2.56 bits per heavy atom. The first kappa shape index (κ1) is 23.1. The fourth-order valence-corrected chi connectivity index (χ4v) is 4.09. The summed E-state index contributed by atoms with van der Waals surface area (Å²) in [6, 6.07) is 15.7. The zero-order valence-electron chi connectivity index (χ0n) is 17.7. The van der Waals surface area contributed by atoms with Crippen LogP contribution in [0.4, 0.5) is 14.5 Å². The highest BCUT2D eigenvalue weighted by molar-refractivity contribution is 7.99. The number of carbonyl (C=O) groups is 2. The molecule has 0 aliphatic heterocycles. The molecule has 0 spiro atoms. The third-order valence-corrected chi connectivity index (χ3v) is 5.77. The normalized spacial score (nSPS) is 10.8. The van der Waals surface area contributed by atoms with Crippen molar-refractivity contribution in [1.29, 1.82) is 0 Å². The Kier molecular flexibility index (Phi) is 6.69. The molecule has 3 aromatic carbocycles. The molecule has 1 N–H and O–H groups in total. The van der Waals surface area contributed by atoms with Crippen molar-refractivity contribution in [2.45, 2.75) is 5.16 Å². The van der Waals surface area contributed by atoms with E-state index in [9.17, 15) is 23.2 Å². The number of aromatic nitrogens is 2. The molecule has 1 amide bonds. The number of anilines is 1. The molecule has 0 unspecified atom stereocenters. The summed E-state index contributed by atoms with van der Waals surface area (Å²) in [7, 11) is 1.23. The number of thioether (sulfide) groups is 1. The Labute approximate surface area is 196 Å². The molecular formula is C24H17F2N3O4S. The van der Waals surface area contributed by atoms with Gasteiger partial charge in [-0.05, 0) is 36.4 Å². The second-order valence-corrected chi connectivity index (χ2v) is 7.96. The summed E-state index contributed by atoms with van der Waals surface area (Å²) >= 11 is 0.894. The standard InChI is InChI=1S/C24H17F2N3O4S/c1-33-23(32)16-7-3-5-9-19(16)27-21(30)13-34-24-28-18-8-4-2-6-15(18)22(31)29(24)20-11-10-14(25)12-17(20)26/h2-12H,13H2,1H3,(H,27,30). The number of halogens is 2. The van der Waals surface area contributed by atoms with E-state index in [1.54, 1.807) is 42.5 Å². The van der Waals surface area contributed by atoms with E-state index < -0.39 is 29.1 Å². The van der Waals surface area contributed by atoms with Gasteiger partial charge in [0.05, 0.1) is 40.7 Å². The highest BCUT2D eigenvalue weighted by Gasteiger charge is 2.19. The summed E-state index contributed by atoms with van der Waals surface area (Å²) in [6.07, 6.45) is 0. The van der Waals surface area contributed by atoms with Gasteiger partial charge in [0, 0.05) is 6.07 Å². The van der Waals surface area contributed by atoms with Crippen molar-refractivity contribution < 1.29 is 23.1 Å². The van der Waals surface area contributed by atoms with Crippen LogP contribution in [0.1, 0.15) is 10.4 Å². The maximum Gasteiger partial charge on any atom is 0.339 e. The lowest BCUT2D eigenvalue weighted by atomic mass is 10.2. The molecule has 0 saturated carbocycles. The van der Waals surface area contributed by atoms with Gasteiger partial charge in [0.2, 0.25) is 5.91 Å². The minimum atomic E-state index is -0.947. The number of para-hydroxylation sites is 2. The Balaban J connectivity index is 1.68. The summed E-state index contributed by atoms with van der Waals surface area (Å²) in [4.78, 5) is 42.2. The molecule has 4 aromatic rings. The molecule has 0 aliphatic rings. The van der Waals surface area contributed by atoms with E-state index in [2.05, 4.69) is 10.3 Å². The number of methoxy groups -OCH3 is 1. The van der Waals surface area contributed by atoms with E-state index in [0.717, 1.165) is 28.5 Å². The molecule has 0 bridgehead atoms. The van der Waals surface area contributed by atoms with Crippen LogP contribution in [0.3, 0.4) is 0 Å². The van der Waals surface area contributed by atoms with Gasteiger partial charge in [-0.25, -0.2) is 18.6 Å². The zero-order chi connectivity index (χ0) is 24.2. The fourth-order valence-electron chi connectivity index (χ4n) is 3.28. The number of carbonyl (C=O) groups excluding carboxylic acids is 2. The number of hydrogen-bond acceptors (Lipinski definition) is 6. The van der Waals surface area contributed by atoms with Gasteiger partial charge in [-0.2, -0.15) is 0 Å². The van der Waals surface area contributed by atoms with E-state index in [4.69, 9.17) is 4.74 Å². The van der Waals surface area contributed by atoms with Gasteiger partial charge in [0.25, 0.3) is 5.56 Å². The topological polar surface area (TPSA) is 90.3 Å². The molecule has 34 heavy (non-hydrogen) atoms. The molecule has 0 atom stereocenters. The van der Waals surface area contributed by atoms with Gasteiger partial charge >= 0.3 is 5.97 Å². The SMILES string of the molecule is COC(=O)c1ccccc1NC(=O)CSc1nc2ccccc2c(=O)n1-c1ccc(F)cc1F. The van der Waals surface area contributed by atoms with E-state index in [1.807, 2.05) is 0 Å². The van der Waals surface area contributed by atoms with E-state index in [0.29, 0.717) is 11.6 Å². The first-order chi connectivity index (χ1) is 16.4. The van der Waals surface area contributed by atoms with Crippen molar-refractivity contribution >= 4 is 40.2 Å². The number of nitrogens with one attached hydrogen (secondary N) is 1. The summed E-state index contributed by atoms with van der Waals surface area (Å²) < 4.78 is 33.8. The summed E-state index contributed by atoms with van der Waals surface area (Å²) in [5.74, 6) is -3.04. The second-order valence-electron chi connectivity index (χ2n) is 7.02. The van der Waals surface area contributed by atoms with Crippen LogP contribution in [0.2, 0.25) is 0 Å². The highest BCUT2D eigenvalue weighted by atomic mass is 32.2. The van der Waals surface area contributed by atoms with Crippen molar-refractivity contribution in [2.75, 3.05) is 18.2 Å². The maximum atomic E-state index is 14.6. The van der Waals surface area contributed by atoms with Gasteiger partial charge in [-0.15, -0.1) is 0 Å². The predicted molar refractivity (Wildman–Crippen MR) is 124 cm³/mol. The Bertz CT molecular complexity index is 1470. The fraction of sp³-hybridized carbons (Fsp3) is 0.0833.